The van der Waals surface area contributed by atoms with Crippen LogP contribution >= 0.6 is 11.6 Å². The Hall–Kier alpha value is -0.730. The summed E-state index contributed by atoms with van der Waals surface area (Å²) < 4.78 is 5.72. The maximum absolute atomic E-state index is 10.9. The number of fused-ring (bicyclic) bond motifs is 1. The van der Waals surface area contributed by atoms with Crippen molar-refractivity contribution >= 4 is 11.6 Å². The van der Waals surface area contributed by atoms with Gasteiger partial charge in [0.15, 0.2) is 0 Å². The number of rotatable bonds is 2. The van der Waals surface area contributed by atoms with Crippen molar-refractivity contribution < 1.29 is 9.84 Å². The van der Waals surface area contributed by atoms with E-state index in [1.165, 1.54) is 19.3 Å². The van der Waals surface area contributed by atoms with Crippen LogP contribution in [0.3, 0.4) is 0 Å². The second kappa shape index (κ2) is 4.99. The number of hydrogen-bond acceptors (Lipinski definition) is 2. The molecular formula is C16H21ClO2. The molecule has 2 aliphatic rings. The standard InChI is InChI=1S/C16H21ClO2/c1-16(6-3-2-4-7-16)15(18)13-10-12(17)9-11-5-8-19-14(11)13/h9-10,15,18H,2-8H2,1H3. The second-order valence-corrected chi connectivity index (χ2v) is 6.64. The van der Waals surface area contributed by atoms with Crippen LogP contribution in [-0.4, -0.2) is 11.7 Å². The molecule has 1 fully saturated rings. The first-order chi connectivity index (χ1) is 9.10. The van der Waals surface area contributed by atoms with E-state index >= 15 is 0 Å². The summed E-state index contributed by atoms with van der Waals surface area (Å²) >= 11 is 6.19. The molecule has 1 aliphatic heterocycles. The van der Waals surface area contributed by atoms with Crippen molar-refractivity contribution in [2.24, 2.45) is 5.41 Å². The van der Waals surface area contributed by atoms with Crippen LogP contribution in [0.2, 0.25) is 5.02 Å². The third kappa shape index (κ3) is 2.36. The van der Waals surface area contributed by atoms with Crippen molar-refractivity contribution in [3.05, 3.63) is 28.3 Å². The van der Waals surface area contributed by atoms with E-state index in [2.05, 4.69) is 6.92 Å². The molecule has 1 heterocycles. The molecule has 1 aromatic carbocycles. The molecule has 0 spiro atoms. The number of hydrogen-bond donors (Lipinski definition) is 1. The first-order valence-corrected chi connectivity index (χ1v) is 7.61. The topological polar surface area (TPSA) is 29.5 Å². The Morgan fingerprint density at radius 3 is 2.74 bits per heavy atom. The summed E-state index contributed by atoms with van der Waals surface area (Å²) in [4.78, 5) is 0. The van der Waals surface area contributed by atoms with Crippen LogP contribution < -0.4 is 4.74 Å². The van der Waals surface area contributed by atoms with Gasteiger partial charge >= 0.3 is 0 Å². The lowest BCUT2D eigenvalue weighted by atomic mass is 9.70. The van der Waals surface area contributed by atoms with E-state index in [1.807, 2.05) is 12.1 Å². The first-order valence-electron chi connectivity index (χ1n) is 7.23. The predicted octanol–water partition coefficient (Wildman–Crippen LogP) is 4.28. The molecule has 2 nitrogen and oxygen atoms in total. The largest absolute Gasteiger partial charge is 0.493 e. The molecule has 0 saturated heterocycles. The molecule has 1 saturated carbocycles. The van der Waals surface area contributed by atoms with Gasteiger partial charge in [-0.25, -0.2) is 0 Å². The molecule has 0 radical (unpaired) electrons. The fourth-order valence-corrected chi connectivity index (χ4v) is 3.76. The van der Waals surface area contributed by atoms with Crippen LogP contribution in [-0.2, 0) is 6.42 Å². The van der Waals surface area contributed by atoms with Crippen LogP contribution in [0.25, 0.3) is 0 Å². The highest BCUT2D eigenvalue weighted by molar-refractivity contribution is 6.30. The van der Waals surface area contributed by atoms with Gasteiger partial charge < -0.3 is 9.84 Å². The van der Waals surface area contributed by atoms with Gasteiger partial charge in [0.1, 0.15) is 5.75 Å². The zero-order valence-corrected chi connectivity index (χ0v) is 12.2. The molecule has 1 aliphatic carbocycles. The summed E-state index contributed by atoms with van der Waals surface area (Å²) in [6.45, 7) is 2.89. The molecule has 0 aromatic heterocycles. The smallest absolute Gasteiger partial charge is 0.128 e. The Kier molecular flexibility index (Phi) is 3.48. The van der Waals surface area contributed by atoms with Gasteiger partial charge in [0.05, 0.1) is 12.7 Å². The van der Waals surface area contributed by atoms with Crippen LogP contribution in [0.4, 0.5) is 0 Å². The maximum atomic E-state index is 10.9. The van der Waals surface area contributed by atoms with Gasteiger partial charge in [-0.2, -0.15) is 0 Å². The van der Waals surface area contributed by atoms with Gasteiger partial charge in [0.2, 0.25) is 0 Å². The van der Waals surface area contributed by atoms with E-state index in [9.17, 15) is 5.11 Å². The molecule has 0 amide bonds. The van der Waals surface area contributed by atoms with Crippen molar-refractivity contribution in [3.8, 4) is 5.75 Å². The Labute approximate surface area is 119 Å². The monoisotopic (exact) mass is 280 g/mol. The lowest BCUT2D eigenvalue weighted by Gasteiger charge is -2.38. The summed E-state index contributed by atoms with van der Waals surface area (Å²) in [5.74, 6) is 0.878. The van der Waals surface area contributed by atoms with E-state index < -0.39 is 6.10 Å². The average Bonchev–Trinajstić information content (AvgIpc) is 2.85. The van der Waals surface area contributed by atoms with Crippen LogP contribution in [0.5, 0.6) is 5.75 Å². The van der Waals surface area contributed by atoms with Crippen molar-refractivity contribution in [1.82, 2.24) is 0 Å². The van der Waals surface area contributed by atoms with Gasteiger partial charge in [-0.15, -0.1) is 0 Å². The normalized spacial score (nSPS) is 22.7. The molecule has 3 heteroatoms. The van der Waals surface area contributed by atoms with Crippen molar-refractivity contribution in [2.45, 2.75) is 51.6 Å². The molecule has 1 aromatic rings. The van der Waals surface area contributed by atoms with Crippen LogP contribution in [0.15, 0.2) is 12.1 Å². The fourth-order valence-electron chi connectivity index (χ4n) is 3.51. The summed E-state index contributed by atoms with van der Waals surface area (Å²) in [7, 11) is 0. The van der Waals surface area contributed by atoms with Gasteiger partial charge in [-0.1, -0.05) is 37.8 Å². The fraction of sp³-hybridized carbons (Fsp3) is 0.625. The van der Waals surface area contributed by atoms with Gasteiger partial charge in [0, 0.05) is 17.0 Å². The highest BCUT2D eigenvalue weighted by Gasteiger charge is 2.37. The van der Waals surface area contributed by atoms with E-state index in [-0.39, 0.29) is 5.41 Å². The quantitative estimate of drug-likeness (QED) is 0.876. The van der Waals surface area contributed by atoms with Crippen molar-refractivity contribution in [3.63, 3.8) is 0 Å². The summed E-state index contributed by atoms with van der Waals surface area (Å²) in [5, 5.41) is 11.6. The molecule has 3 rings (SSSR count). The molecule has 104 valence electrons. The minimum atomic E-state index is -0.474. The molecule has 0 bridgehead atoms. The van der Waals surface area contributed by atoms with Crippen LogP contribution in [0.1, 0.15) is 56.3 Å². The second-order valence-electron chi connectivity index (χ2n) is 6.20. The Balaban J connectivity index is 1.97. The highest BCUT2D eigenvalue weighted by Crippen LogP contribution is 2.49. The number of benzene rings is 1. The lowest BCUT2D eigenvalue weighted by molar-refractivity contribution is 0.00668. The minimum Gasteiger partial charge on any atom is -0.493 e. The third-order valence-electron chi connectivity index (χ3n) is 4.73. The summed E-state index contributed by atoms with van der Waals surface area (Å²) in [5.41, 5.74) is 1.99. The lowest BCUT2D eigenvalue weighted by Crippen LogP contribution is -2.28. The zero-order valence-electron chi connectivity index (χ0n) is 11.4. The van der Waals surface area contributed by atoms with E-state index in [1.54, 1.807) is 0 Å². The molecule has 19 heavy (non-hydrogen) atoms. The summed E-state index contributed by atoms with van der Waals surface area (Å²) in [6, 6.07) is 3.85. The SMILES string of the molecule is CC1(C(O)c2cc(Cl)cc3c2OCC3)CCCCC1. The van der Waals surface area contributed by atoms with E-state index in [4.69, 9.17) is 16.3 Å². The average molecular weight is 281 g/mol. The Morgan fingerprint density at radius 2 is 2.00 bits per heavy atom. The summed E-state index contributed by atoms with van der Waals surface area (Å²) in [6.07, 6.45) is 6.27. The van der Waals surface area contributed by atoms with Gasteiger partial charge in [-0.05, 0) is 36.0 Å². The first kappa shape index (κ1) is 13.3. The zero-order chi connectivity index (χ0) is 13.5. The van der Waals surface area contributed by atoms with Gasteiger partial charge in [-0.3, -0.25) is 0 Å². The highest BCUT2D eigenvalue weighted by atomic mass is 35.5. The molecular weight excluding hydrogens is 260 g/mol. The van der Waals surface area contributed by atoms with E-state index in [0.717, 1.165) is 36.1 Å². The number of halogens is 1. The van der Waals surface area contributed by atoms with Gasteiger partial charge in [0.25, 0.3) is 0 Å². The number of aliphatic hydroxyl groups is 1. The number of ether oxygens (including phenoxy) is 1. The molecule has 1 atom stereocenters. The minimum absolute atomic E-state index is 0.0390. The number of aliphatic hydroxyl groups excluding tert-OH is 1. The van der Waals surface area contributed by atoms with E-state index in [0.29, 0.717) is 11.6 Å². The maximum Gasteiger partial charge on any atom is 0.128 e. The molecule has 1 N–H and O–H groups in total. The van der Waals surface area contributed by atoms with Crippen molar-refractivity contribution in [1.29, 1.82) is 0 Å². The Morgan fingerprint density at radius 1 is 1.26 bits per heavy atom. The predicted molar refractivity (Wildman–Crippen MR) is 76.8 cm³/mol. The molecule has 1 unspecified atom stereocenters. The third-order valence-corrected chi connectivity index (χ3v) is 4.95. The Bertz CT molecular complexity index is 478. The van der Waals surface area contributed by atoms with Crippen LogP contribution in [0, 0.1) is 5.41 Å². The van der Waals surface area contributed by atoms with Crippen molar-refractivity contribution in [2.75, 3.05) is 6.61 Å².